The average molecular weight is 437 g/mol. The number of aliphatic hydroxyl groups is 1. The van der Waals surface area contributed by atoms with Crippen LogP contribution < -0.4 is 19.5 Å². The van der Waals surface area contributed by atoms with E-state index in [0.29, 0.717) is 12.3 Å². The molecule has 0 aliphatic heterocycles. The molecule has 0 fully saturated rings. The number of ether oxygens (including phenoxy) is 3. The largest absolute Gasteiger partial charge is 0.497 e. The van der Waals surface area contributed by atoms with Gasteiger partial charge in [0.2, 0.25) is 0 Å². The highest BCUT2D eigenvalue weighted by Crippen LogP contribution is 2.31. The fourth-order valence-electron chi connectivity index (χ4n) is 3.59. The highest BCUT2D eigenvalue weighted by Gasteiger charge is 2.19. The lowest BCUT2D eigenvalue weighted by Gasteiger charge is -2.24. The second kappa shape index (κ2) is 12.1. The molecule has 0 aliphatic carbocycles. The third kappa shape index (κ3) is 6.97. The fraction of sp³-hybridized carbons (Fsp3) is 0.346. The van der Waals surface area contributed by atoms with Crippen molar-refractivity contribution in [2.24, 2.45) is 0 Å². The van der Waals surface area contributed by atoms with Crippen LogP contribution in [0.25, 0.3) is 0 Å². The number of benzene rings is 2. The first-order chi connectivity index (χ1) is 15.6. The van der Waals surface area contributed by atoms with Gasteiger partial charge in [-0.05, 0) is 60.9 Å². The summed E-state index contributed by atoms with van der Waals surface area (Å²) in [7, 11) is 3.34. The summed E-state index contributed by atoms with van der Waals surface area (Å²) in [5, 5.41) is 13.7. The molecule has 0 radical (unpaired) electrons. The maximum Gasteiger partial charge on any atom is 0.137 e. The lowest BCUT2D eigenvalue weighted by Crippen LogP contribution is -2.37. The van der Waals surface area contributed by atoms with Crippen molar-refractivity contribution in [1.29, 1.82) is 0 Å². The van der Waals surface area contributed by atoms with Crippen molar-refractivity contribution in [3.05, 3.63) is 84.2 Å². The first kappa shape index (κ1) is 23.6. The standard InChI is InChI=1S/C26H32N2O4/c1-19(28-16-22(29)18-32-25-5-4-14-27-17-25)15-26(20-6-10-23(30-2)11-7-20)21-8-12-24(31-3)13-9-21/h4-14,17,19,22,26,28-29H,15-16,18H2,1-3H3/t19?,22-/m0/s1. The van der Waals surface area contributed by atoms with Gasteiger partial charge in [-0.1, -0.05) is 24.3 Å². The van der Waals surface area contributed by atoms with Gasteiger partial charge in [0.1, 0.15) is 30.0 Å². The minimum Gasteiger partial charge on any atom is -0.497 e. The molecule has 2 aromatic carbocycles. The molecular weight excluding hydrogens is 404 g/mol. The molecule has 0 amide bonds. The summed E-state index contributed by atoms with van der Waals surface area (Å²) in [6.45, 7) is 2.79. The fourth-order valence-corrected chi connectivity index (χ4v) is 3.59. The number of aromatic nitrogens is 1. The van der Waals surface area contributed by atoms with E-state index in [1.165, 1.54) is 11.1 Å². The number of hydrogen-bond acceptors (Lipinski definition) is 6. The number of nitrogens with one attached hydrogen (secondary N) is 1. The van der Waals surface area contributed by atoms with Crippen LogP contribution in [0.5, 0.6) is 17.2 Å². The second-order valence-corrected chi connectivity index (χ2v) is 7.80. The van der Waals surface area contributed by atoms with Crippen LogP contribution in [-0.4, -0.2) is 49.6 Å². The smallest absolute Gasteiger partial charge is 0.137 e. The van der Waals surface area contributed by atoms with Crippen molar-refractivity contribution in [3.63, 3.8) is 0 Å². The topological polar surface area (TPSA) is 72.8 Å². The third-order valence-electron chi connectivity index (χ3n) is 5.40. The van der Waals surface area contributed by atoms with Crippen molar-refractivity contribution < 1.29 is 19.3 Å². The molecule has 1 aromatic heterocycles. The monoisotopic (exact) mass is 436 g/mol. The first-order valence-corrected chi connectivity index (χ1v) is 10.8. The maximum atomic E-state index is 10.3. The van der Waals surface area contributed by atoms with Crippen LogP contribution in [0.2, 0.25) is 0 Å². The van der Waals surface area contributed by atoms with Gasteiger partial charge >= 0.3 is 0 Å². The zero-order chi connectivity index (χ0) is 22.8. The van der Waals surface area contributed by atoms with Gasteiger partial charge < -0.3 is 24.6 Å². The predicted octanol–water partition coefficient (Wildman–Crippen LogP) is 4.04. The zero-order valence-electron chi connectivity index (χ0n) is 18.9. The molecule has 6 nitrogen and oxygen atoms in total. The van der Waals surface area contributed by atoms with E-state index in [0.717, 1.165) is 17.9 Å². The molecule has 0 bridgehead atoms. The summed E-state index contributed by atoms with van der Waals surface area (Å²) in [5.41, 5.74) is 2.43. The highest BCUT2D eigenvalue weighted by molar-refractivity contribution is 5.38. The first-order valence-electron chi connectivity index (χ1n) is 10.8. The van der Waals surface area contributed by atoms with E-state index in [4.69, 9.17) is 14.2 Å². The Morgan fingerprint density at radius 1 is 0.875 bits per heavy atom. The van der Waals surface area contributed by atoms with Gasteiger partial charge in [-0.15, -0.1) is 0 Å². The molecule has 32 heavy (non-hydrogen) atoms. The summed E-state index contributed by atoms with van der Waals surface area (Å²) in [5.74, 6) is 2.52. The lowest BCUT2D eigenvalue weighted by atomic mass is 9.86. The molecular formula is C26H32N2O4. The number of methoxy groups -OCH3 is 2. The molecule has 0 aliphatic rings. The molecule has 3 rings (SSSR count). The number of rotatable bonds is 12. The second-order valence-electron chi connectivity index (χ2n) is 7.80. The van der Waals surface area contributed by atoms with E-state index >= 15 is 0 Å². The Bertz CT molecular complexity index is 869. The number of aliphatic hydroxyl groups excluding tert-OH is 1. The third-order valence-corrected chi connectivity index (χ3v) is 5.40. The average Bonchev–Trinajstić information content (AvgIpc) is 2.85. The van der Waals surface area contributed by atoms with Crippen molar-refractivity contribution >= 4 is 0 Å². The molecule has 0 saturated heterocycles. The predicted molar refractivity (Wildman–Crippen MR) is 126 cm³/mol. The molecule has 0 spiro atoms. The van der Waals surface area contributed by atoms with Crippen molar-refractivity contribution in [2.45, 2.75) is 31.4 Å². The molecule has 6 heteroatoms. The van der Waals surface area contributed by atoms with Gasteiger partial charge in [-0.2, -0.15) is 0 Å². The van der Waals surface area contributed by atoms with E-state index in [1.54, 1.807) is 32.7 Å². The Labute approximate surface area is 190 Å². The van der Waals surface area contributed by atoms with Crippen LogP contribution in [0.1, 0.15) is 30.4 Å². The Hall–Kier alpha value is -3.09. The van der Waals surface area contributed by atoms with Crippen LogP contribution in [0.4, 0.5) is 0 Å². The Balaban J connectivity index is 1.61. The molecule has 1 unspecified atom stereocenters. The van der Waals surface area contributed by atoms with Gasteiger partial charge in [-0.3, -0.25) is 4.98 Å². The highest BCUT2D eigenvalue weighted by atomic mass is 16.5. The summed E-state index contributed by atoms with van der Waals surface area (Å²) < 4.78 is 16.2. The van der Waals surface area contributed by atoms with E-state index in [-0.39, 0.29) is 18.6 Å². The Morgan fingerprint density at radius 2 is 1.47 bits per heavy atom. The number of hydrogen-bond donors (Lipinski definition) is 2. The Kier molecular flexibility index (Phi) is 8.90. The SMILES string of the molecule is COc1ccc(C(CC(C)NC[C@H](O)COc2cccnc2)c2ccc(OC)cc2)cc1. The van der Waals surface area contributed by atoms with Crippen LogP contribution in [0.3, 0.4) is 0 Å². The van der Waals surface area contributed by atoms with Crippen molar-refractivity contribution in [2.75, 3.05) is 27.4 Å². The van der Waals surface area contributed by atoms with Crippen LogP contribution >= 0.6 is 0 Å². The van der Waals surface area contributed by atoms with Gasteiger partial charge in [0.25, 0.3) is 0 Å². The van der Waals surface area contributed by atoms with E-state index in [9.17, 15) is 5.11 Å². The van der Waals surface area contributed by atoms with Gasteiger partial charge in [-0.25, -0.2) is 0 Å². The summed E-state index contributed by atoms with van der Waals surface area (Å²) >= 11 is 0. The van der Waals surface area contributed by atoms with E-state index in [2.05, 4.69) is 41.5 Å². The van der Waals surface area contributed by atoms with Crippen molar-refractivity contribution in [1.82, 2.24) is 10.3 Å². The quantitative estimate of drug-likeness (QED) is 0.447. The summed E-state index contributed by atoms with van der Waals surface area (Å²) in [6, 6.07) is 20.2. The van der Waals surface area contributed by atoms with Gasteiger partial charge in [0.15, 0.2) is 0 Å². The van der Waals surface area contributed by atoms with E-state index < -0.39 is 6.10 Å². The molecule has 2 N–H and O–H groups in total. The van der Waals surface area contributed by atoms with Crippen molar-refractivity contribution in [3.8, 4) is 17.2 Å². The molecule has 1 heterocycles. The molecule has 170 valence electrons. The van der Waals surface area contributed by atoms with E-state index in [1.807, 2.05) is 30.3 Å². The number of nitrogens with zero attached hydrogens (tertiary/aromatic N) is 1. The van der Waals surface area contributed by atoms with Crippen LogP contribution in [-0.2, 0) is 0 Å². The van der Waals surface area contributed by atoms with Gasteiger partial charge in [0, 0.05) is 24.7 Å². The minimum atomic E-state index is -0.613. The van der Waals surface area contributed by atoms with Crippen LogP contribution in [0.15, 0.2) is 73.1 Å². The number of pyridine rings is 1. The minimum absolute atomic E-state index is 0.178. The lowest BCUT2D eigenvalue weighted by molar-refractivity contribution is 0.103. The molecule has 3 aromatic rings. The molecule has 2 atom stereocenters. The normalized spacial score (nSPS) is 12.9. The summed E-state index contributed by atoms with van der Waals surface area (Å²) in [6.07, 6.45) is 3.58. The van der Waals surface area contributed by atoms with Gasteiger partial charge in [0.05, 0.1) is 20.4 Å². The summed E-state index contributed by atoms with van der Waals surface area (Å²) in [4.78, 5) is 4.01. The maximum absolute atomic E-state index is 10.3. The zero-order valence-corrected chi connectivity index (χ0v) is 18.9. The molecule has 0 saturated carbocycles. The van der Waals surface area contributed by atoms with Crippen LogP contribution in [0, 0.1) is 0 Å². The Morgan fingerprint density at radius 3 is 1.97 bits per heavy atom.